The number of hydrogen-bond acceptors (Lipinski definition) is 2. The lowest BCUT2D eigenvalue weighted by Crippen LogP contribution is -2.24. The highest BCUT2D eigenvalue weighted by Gasteiger charge is 2.38. The molecule has 0 unspecified atom stereocenters. The molecule has 0 N–H and O–H groups in total. The molecule has 0 atom stereocenters. The fraction of sp³-hybridized carbons (Fsp3) is 0.120. The van der Waals surface area contributed by atoms with Crippen molar-refractivity contribution in [3.63, 3.8) is 0 Å². The lowest BCUT2D eigenvalue weighted by atomic mass is 10.1. The quantitative estimate of drug-likeness (QED) is 0.192. The van der Waals surface area contributed by atoms with Crippen LogP contribution in [0.15, 0.2) is 48.5 Å². The number of halogens is 9. The van der Waals surface area contributed by atoms with Gasteiger partial charge in [0.25, 0.3) is 0 Å². The molecule has 0 aliphatic carbocycles. The van der Waals surface area contributed by atoms with Crippen molar-refractivity contribution in [1.82, 2.24) is 0 Å². The third kappa shape index (κ3) is 4.65. The van der Waals surface area contributed by atoms with E-state index < -0.39 is 75.9 Å². The largest absolute Gasteiger partial charge is 0.486 e. The molecule has 188 valence electrons. The van der Waals surface area contributed by atoms with E-state index in [1.807, 2.05) is 0 Å². The fourth-order valence-electron chi connectivity index (χ4n) is 3.45. The van der Waals surface area contributed by atoms with E-state index in [9.17, 15) is 39.5 Å². The van der Waals surface area contributed by atoms with E-state index in [1.54, 1.807) is 0 Å². The summed E-state index contributed by atoms with van der Waals surface area (Å²) in [6.45, 7) is 0.763. The molecular weight excluding hydrogens is 503 g/mol. The van der Waals surface area contributed by atoms with Crippen molar-refractivity contribution in [1.29, 1.82) is 0 Å². The molecule has 0 amide bonds. The molecule has 4 aromatic carbocycles. The first-order valence-corrected chi connectivity index (χ1v) is 10.1. The Morgan fingerprint density at radius 3 is 2.00 bits per heavy atom. The van der Waals surface area contributed by atoms with Gasteiger partial charge in [-0.15, -0.1) is 0 Å². The van der Waals surface area contributed by atoms with Gasteiger partial charge in [0.2, 0.25) is 0 Å². The molecule has 0 bridgehead atoms. The van der Waals surface area contributed by atoms with Gasteiger partial charge in [0, 0.05) is 12.1 Å². The average Bonchev–Trinajstić information content (AvgIpc) is 2.80. The summed E-state index contributed by atoms with van der Waals surface area (Å²) in [6, 6.07) is 6.19. The standard InChI is InChI=1S/C25H13F9O2/c1-11-6-13-3-5-19(23(31)20(13)24(32)21(11)29)35-10-12-2-4-15(16(26)7-12)25(33,34)36-14-8-17(27)22(30)18(28)9-14/h2-9H,10H2,1H3. The first kappa shape index (κ1) is 25.2. The van der Waals surface area contributed by atoms with E-state index in [0.29, 0.717) is 12.1 Å². The number of hydrogen-bond donors (Lipinski definition) is 0. The molecule has 11 heteroatoms. The first-order chi connectivity index (χ1) is 16.9. The van der Waals surface area contributed by atoms with Crippen molar-refractivity contribution < 1.29 is 49.0 Å². The second kappa shape index (κ2) is 9.29. The molecule has 4 rings (SSSR count). The average molecular weight is 516 g/mol. The molecule has 36 heavy (non-hydrogen) atoms. The Hall–Kier alpha value is -3.89. The van der Waals surface area contributed by atoms with Gasteiger partial charge in [0.1, 0.15) is 18.2 Å². The van der Waals surface area contributed by atoms with Crippen LogP contribution in [0.25, 0.3) is 10.8 Å². The predicted molar refractivity (Wildman–Crippen MR) is 110 cm³/mol. The molecule has 0 saturated carbocycles. The van der Waals surface area contributed by atoms with E-state index in [1.165, 1.54) is 19.1 Å². The van der Waals surface area contributed by atoms with Gasteiger partial charge in [0.05, 0.1) is 10.9 Å². The van der Waals surface area contributed by atoms with Crippen molar-refractivity contribution in [2.24, 2.45) is 0 Å². The van der Waals surface area contributed by atoms with Crippen LogP contribution in [-0.4, -0.2) is 0 Å². The van der Waals surface area contributed by atoms with Gasteiger partial charge >= 0.3 is 6.11 Å². The van der Waals surface area contributed by atoms with Crippen LogP contribution >= 0.6 is 0 Å². The predicted octanol–water partition coefficient (Wildman–Crippen LogP) is 7.83. The van der Waals surface area contributed by atoms with E-state index in [4.69, 9.17) is 4.74 Å². The van der Waals surface area contributed by atoms with Gasteiger partial charge in [0.15, 0.2) is 40.7 Å². The smallest absolute Gasteiger partial charge is 0.429 e. The molecule has 0 aromatic heterocycles. The molecule has 0 aliphatic heterocycles. The zero-order chi connectivity index (χ0) is 26.4. The number of ether oxygens (including phenoxy) is 2. The van der Waals surface area contributed by atoms with Gasteiger partial charge < -0.3 is 9.47 Å². The van der Waals surface area contributed by atoms with E-state index >= 15 is 0 Å². The van der Waals surface area contributed by atoms with Crippen LogP contribution in [0.4, 0.5) is 39.5 Å². The van der Waals surface area contributed by atoms with Crippen LogP contribution in [0.1, 0.15) is 16.7 Å². The molecule has 0 saturated heterocycles. The Labute approximate surface area is 197 Å². The SMILES string of the molecule is Cc1cc2ccc(OCc3ccc(C(F)(F)Oc4cc(F)c(F)c(F)c4)c(F)c3)c(F)c2c(F)c1F. The van der Waals surface area contributed by atoms with Crippen LogP contribution in [-0.2, 0) is 12.7 Å². The zero-order valence-corrected chi connectivity index (χ0v) is 18.0. The fourth-order valence-corrected chi connectivity index (χ4v) is 3.45. The minimum Gasteiger partial charge on any atom is -0.486 e. The molecule has 0 heterocycles. The van der Waals surface area contributed by atoms with E-state index in [-0.39, 0.29) is 28.6 Å². The number of fused-ring (bicyclic) bond motifs is 1. The molecule has 0 radical (unpaired) electrons. The Morgan fingerprint density at radius 2 is 1.36 bits per heavy atom. The second-order valence-corrected chi connectivity index (χ2v) is 7.72. The van der Waals surface area contributed by atoms with Crippen LogP contribution < -0.4 is 9.47 Å². The molecule has 4 aromatic rings. The second-order valence-electron chi connectivity index (χ2n) is 7.72. The van der Waals surface area contributed by atoms with Crippen molar-refractivity contribution in [2.45, 2.75) is 19.6 Å². The maximum Gasteiger partial charge on any atom is 0.429 e. The molecule has 0 aliphatic rings. The van der Waals surface area contributed by atoms with Crippen LogP contribution in [0.2, 0.25) is 0 Å². The Bertz CT molecular complexity index is 1460. The Morgan fingerprint density at radius 1 is 0.694 bits per heavy atom. The summed E-state index contributed by atoms with van der Waals surface area (Å²) in [5.41, 5.74) is -1.40. The third-order valence-corrected chi connectivity index (χ3v) is 5.21. The van der Waals surface area contributed by atoms with Gasteiger partial charge in [-0.2, -0.15) is 8.78 Å². The summed E-state index contributed by atoms with van der Waals surface area (Å²) in [7, 11) is 0. The highest BCUT2D eigenvalue weighted by Crippen LogP contribution is 2.35. The summed E-state index contributed by atoms with van der Waals surface area (Å²) in [6.07, 6.45) is -4.41. The molecule has 0 fully saturated rings. The minimum absolute atomic E-state index is 0.0286. The summed E-state index contributed by atoms with van der Waals surface area (Å²) in [5.74, 6) is -12.4. The van der Waals surface area contributed by atoms with Crippen molar-refractivity contribution in [2.75, 3.05) is 0 Å². The summed E-state index contributed by atoms with van der Waals surface area (Å²) in [5, 5.41) is -0.572. The lowest BCUT2D eigenvalue weighted by Gasteiger charge is -2.19. The van der Waals surface area contributed by atoms with E-state index in [2.05, 4.69) is 4.74 Å². The Balaban J connectivity index is 1.54. The Kier molecular flexibility index (Phi) is 6.50. The molecule has 2 nitrogen and oxygen atoms in total. The van der Waals surface area contributed by atoms with Gasteiger partial charge in [-0.3, -0.25) is 0 Å². The first-order valence-electron chi connectivity index (χ1n) is 10.1. The number of benzene rings is 4. The third-order valence-electron chi connectivity index (χ3n) is 5.21. The minimum atomic E-state index is -4.41. The number of alkyl halides is 2. The lowest BCUT2D eigenvalue weighted by molar-refractivity contribution is -0.187. The van der Waals surface area contributed by atoms with Crippen molar-refractivity contribution in [3.05, 3.63) is 106 Å². The van der Waals surface area contributed by atoms with E-state index in [0.717, 1.165) is 12.1 Å². The maximum atomic E-state index is 14.7. The van der Waals surface area contributed by atoms with Crippen molar-refractivity contribution in [3.8, 4) is 11.5 Å². The zero-order valence-electron chi connectivity index (χ0n) is 18.0. The topological polar surface area (TPSA) is 18.5 Å². The molecule has 0 spiro atoms. The van der Waals surface area contributed by atoms with Crippen molar-refractivity contribution >= 4 is 10.8 Å². The monoisotopic (exact) mass is 516 g/mol. The van der Waals surface area contributed by atoms with Gasteiger partial charge in [-0.05, 0) is 47.7 Å². The van der Waals surface area contributed by atoms with Crippen LogP contribution in [0.3, 0.4) is 0 Å². The number of aryl methyl sites for hydroxylation is 1. The highest BCUT2D eigenvalue weighted by atomic mass is 19.3. The van der Waals surface area contributed by atoms with Gasteiger partial charge in [-0.1, -0.05) is 12.1 Å². The summed E-state index contributed by atoms with van der Waals surface area (Å²) in [4.78, 5) is 0. The van der Waals surface area contributed by atoms with Gasteiger partial charge in [-0.25, -0.2) is 30.7 Å². The number of rotatable bonds is 6. The maximum absolute atomic E-state index is 14.7. The van der Waals surface area contributed by atoms with Crippen LogP contribution in [0.5, 0.6) is 11.5 Å². The highest BCUT2D eigenvalue weighted by molar-refractivity contribution is 5.86. The normalized spacial score (nSPS) is 11.7. The summed E-state index contributed by atoms with van der Waals surface area (Å²) < 4.78 is 135. The van der Waals surface area contributed by atoms with Crippen LogP contribution in [0, 0.1) is 47.6 Å². The molecular formula is C25H13F9O2. The summed E-state index contributed by atoms with van der Waals surface area (Å²) >= 11 is 0.